The molecule has 7 nitrogen and oxygen atoms in total. The Hall–Kier alpha value is -3.13. The van der Waals surface area contributed by atoms with Crippen LogP contribution in [0.4, 0.5) is 32.8 Å². The molecule has 146 valence electrons. The first-order valence-corrected chi connectivity index (χ1v) is 10.0. The van der Waals surface area contributed by atoms with E-state index in [1.165, 1.54) is 11.3 Å². The average Bonchev–Trinajstić information content (AvgIpc) is 3.17. The molecule has 3 aromatic rings. The number of anilines is 5. The van der Waals surface area contributed by atoms with Crippen molar-refractivity contribution in [2.45, 2.75) is 20.8 Å². The molecule has 0 saturated heterocycles. The fourth-order valence-electron chi connectivity index (χ4n) is 2.73. The number of hydrogen-bond donors (Lipinski definition) is 3. The van der Waals surface area contributed by atoms with Gasteiger partial charge in [0.2, 0.25) is 0 Å². The zero-order chi connectivity index (χ0) is 19.9. The summed E-state index contributed by atoms with van der Waals surface area (Å²) in [4.78, 5) is 23.2. The molecule has 2 heterocycles. The van der Waals surface area contributed by atoms with E-state index in [1.807, 2.05) is 54.8 Å². The Labute approximate surface area is 168 Å². The molecule has 2 aromatic heterocycles. The summed E-state index contributed by atoms with van der Waals surface area (Å²) in [5.74, 6) is 2.37. The van der Waals surface area contributed by atoms with E-state index in [2.05, 4.69) is 44.7 Å². The fourth-order valence-corrected chi connectivity index (χ4v) is 3.35. The SMILES string of the molecule is CCN(CC)c1cc(Nc2ccc(NC(=O)Nc3cccs3)cc2)nc(C)n1. The Kier molecular flexibility index (Phi) is 6.44. The standard InChI is InChI=1S/C20H24N6OS/c1-4-26(5-2)18-13-17(21-14(3)22-18)23-15-8-10-16(11-9-15)24-20(27)25-19-7-6-12-28-19/h6-13H,4-5H2,1-3H3,(H,21,22,23)(H2,24,25,27). The number of thiophene rings is 1. The maximum atomic E-state index is 12.0. The van der Waals surface area contributed by atoms with Gasteiger partial charge in [-0.25, -0.2) is 14.8 Å². The van der Waals surface area contributed by atoms with Crippen LogP contribution in [-0.4, -0.2) is 29.1 Å². The Morgan fingerprint density at radius 2 is 1.75 bits per heavy atom. The van der Waals surface area contributed by atoms with Gasteiger partial charge in [-0.05, 0) is 62.5 Å². The molecule has 0 atom stereocenters. The summed E-state index contributed by atoms with van der Waals surface area (Å²) in [6.45, 7) is 7.88. The van der Waals surface area contributed by atoms with Crippen LogP contribution in [0.3, 0.4) is 0 Å². The molecule has 0 fully saturated rings. The number of carbonyl (C=O) groups is 1. The van der Waals surface area contributed by atoms with Gasteiger partial charge < -0.3 is 15.5 Å². The van der Waals surface area contributed by atoms with Crippen LogP contribution in [0, 0.1) is 6.92 Å². The zero-order valence-corrected chi connectivity index (χ0v) is 17.0. The molecule has 0 aliphatic heterocycles. The molecule has 0 radical (unpaired) electrons. The number of nitrogens with zero attached hydrogens (tertiary/aromatic N) is 3. The molecule has 1 aromatic carbocycles. The van der Waals surface area contributed by atoms with Crippen LogP contribution >= 0.6 is 11.3 Å². The van der Waals surface area contributed by atoms with E-state index in [0.29, 0.717) is 5.69 Å². The summed E-state index contributed by atoms with van der Waals surface area (Å²) in [5, 5.41) is 11.6. The number of urea groups is 1. The molecule has 0 aliphatic carbocycles. The molecular weight excluding hydrogens is 372 g/mol. The first-order valence-electron chi connectivity index (χ1n) is 9.16. The lowest BCUT2D eigenvalue weighted by molar-refractivity contribution is 0.262. The molecule has 3 rings (SSSR count). The van der Waals surface area contributed by atoms with Crippen LogP contribution < -0.4 is 20.9 Å². The summed E-state index contributed by atoms with van der Waals surface area (Å²) >= 11 is 1.48. The second-order valence-corrected chi connectivity index (χ2v) is 7.04. The topological polar surface area (TPSA) is 82.2 Å². The van der Waals surface area contributed by atoms with Crippen molar-refractivity contribution >= 4 is 45.4 Å². The number of aromatic nitrogens is 2. The van der Waals surface area contributed by atoms with Crippen molar-refractivity contribution in [3.63, 3.8) is 0 Å². The van der Waals surface area contributed by atoms with E-state index in [0.717, 1.165) is 41.2 Å². The van der Waals surface area contributed by atoms with Gasteiger partial charge in [-0.2, -0.15) is 0 Å². The van der Waals surface area contributed by atoms with Gasteiger partial charge in [-0.1, -0.05) is 0 Å². The van der Waals surface area contributed by atoms with Crippen molar-refractivity contribution in [3.8, 4) is 0 Å². The van der Waals surface area contributed by atoms with Gasteiger partial charge in [0.1, 0.15) is 17.5 Å². The molecular formula is C20H24N6OS. The average molecular weight is 397 g/mol. The first kappa shape index (κ1) is 19.6. The lowest BCUT2D eigenvalue weighted by Gasteiger charge is -2.20. The van der Waals surface area contributed by atoms with Crippen LogP contribution in [0.2, 0.25) is 0 Å². The number of carbonyl (C=O) groups excluding carboxylic acids is 1. The Bertz CT molecular complexity index is 907. The number of benzene rings is 1. The molecule has 8 heteroatoms. The van der Waals surface area contributed by atoms with E-state index in [4.69, 9.17) is 0 Å². The normalized spacial score (nSPS) is 10.4. The van der Waals surface area contributed by atoms with Crippen LogP contribution in [0.25, 0.3) is 0 Å². The molecule has 3 N–H and O–H groups in total. The lowest BCUT2D eigenvalue weighted by atomic mass is 10.2. The second kappa shape index (κ2) is 9.18. The predicted octanol–water partition coefficient (Wildman–Crippen LogP) is 5.08. The van der Waals surface area contributed by atoms with E-state index in [1.54, 1.807) is 0 Å². The summed E-state index contributed by atoms with van der Waals surface area (Å²) < 4.78 is 0. The van der Waals surface area contributed by atoms with Gasteiger partial charge in [0, 0.05) is 30.5 Å². The highest BCUT2D eigenvalue weighted by molar-refractivity contribution is 7.14. The predicted molar refractivity (Wildman–Crippen MR) is 117 cm³/mol. The Morgan fingerprint density at radius 1 is 1.04 bits per heavy atom. The van der Waals surface area contributed by atoms with Gasteiger partial charge in [-0.3, -0.25) is 5.32 Å². The van der Waals surface area contributed by atoms with Crippen molar-refractivity contribution in [2.24, 2.45) is 0 Å². The van der Waals surface area contributed by atoms with E-state index >= 15 is 0 Å². The van der Waals surface area contributed by atoms with Crippen molar-refractivity contribution in [1.29, 1.82) is 0 Å². The van der Waals surface area contributed by atoms with E-state index in [9.17, 15) is 4.79 Å². The monoisotopic (exact) mass is 396 g/mol. The maximum absolute atomic E-state index is 12.0. The fraction of sp³-hybridized carbons (Fsp3) is 0.250. The highest BCUT2D eigenvalue weighted by atomic mass is 32.1. The second-order valence-electron chi connectivity index (χ2n) is 6.09. The van der Waals surface area contributed by atoms with Crippen molar-refractivity contribution in [1.82, 2.24) is 9.97 Å². The van der Waals surface area contributed by atoms with Gasteiger partial charge in [0.15, 0.2) is 0 Å². The van der Waals surface area contributed by atoms with Crippen molar-refractivity contribution < 1.29 is 4.79 Å². The third-order valence-electron chi connectivity index (χ3n) is 4.08. The molecule has 2 amide bonds. The molecule has 0 spiro atoms. The third kappa shape index (κ3) is 5.20. The Morgan fingerprint density at radius 3 is 2.39 bits per heavy atom. The van der Waals surface area contributed by atoms with Gasteiger partial charge in [-0.15, -0.1) is 11.3 Å². The summed E-state index contributed by atoms with van der Waals surface area (Å²) in [7, 11) is 0. The lowest BCUT2D eigenvalue weighted by Crippen LogP contribution is -2.23. The summed E-state index contributed by atoms with van der Waals surface area (Å²) in [6.07, 6.45) is 0. The number of nitrogens with one attached hydrogen (secondary N) is 3. The number of hydrogen-bond acceptors (Lipinski definition) is 6. The molecule has 28 heavy (non-hydrogen) atoms. The van der Waals surface area contributed by atoms with Crippen LogP contribution in [-0.2, 0) is 0 Å². The minimum atomic E-state index is -0.265. The highest BCUT2D eigenvalue weighted by Gasteiger charge is 2.08. The minimum absolute atomic E-state index is 0.265. The molecule has 0 unspecified atom stereocenters. The van der Waals surface area contributed by atoms with E-state index in [-0.39, 0.29) is 6.03 Å². The molecule has 0 saturated carbocycles. The molecule has 0 bridgehead atoms. The van der Waals surface area contributed by atoms with Crippen molar-refractivity contribution in [2.75, 3.05) is 33.9 Å². The highest BCUT2D eigenvalue weighted by Crippen LogP contribution is 2.22. The Balaban J connectivity index is 1.65. The van der Waals surface area contributed by atoms with Crippen molar-refractivity contribution in [3.05, 3.63) is 53.7 Å². The van der Waals surface area contributed by atoms with Gasteiger partial charge in [0.25, 0.3) is 0 Å². The van der Waals surface area contributed by atoms with Gasteiger partial charge in [0.05, 0.1) is 5.00 Å². The number of rotatable bonds is 7. The van der Waals surface area contributed by atoms with Crippen LogP contribution in [0.15, 0.2) is 47.8 Å². The van der Waals surface area contributed by atoms with Gasteiger partial charge >= 0.3 is 6.03 Å². The minimum Gasteiger partial charge on any atom is -0.357 e. The van der Waals surface area contributed by atoms with Crippen LogP contribution in [0.1, 0.15) is 19.7 Å². The zero-order valence-electron chi connectivity index (χ0n) is 16.2. The summed E-state index contributed by atoms with van der Waals surface area (Å²) in [6, 6.07) is 12.9. The quantitative estimate of drug-likeness (QED) is 0.519. The summed E-state index contributed by atoms with van der Waals surface area (Å²) in [5.41, 5.74) is 1.59. The third-order valence-corrected chi connectivity index (χ3v) is 4.87. The smallest absolute Gasteiger partial charge is 0.324 e. The van der Waals surface area contributed by atoms with E-state index < -0.39 is 0 Å². The number of aryl methyl sites for hydroxylation is 1. The largest absolute Gasteiger partial charge is 0.357 e. The first-order chi connectivity index (χ1) is 13.6. The molecule has 0 aliphatic rings. The number of amides is 2. The van der Waals surface area contributed by atoms with Crippen LogP contribution in [0.5, 0.6) is 0 Å². The maximum Gasteiger partial charge on any atom is 0.324 e.